The molecular formula is C45H55N13O17S5. The molecule has 2 aliphatic rings. The predicted molar refractivity (Wildman–Crippen MR) is 294 cm³/mol. The van der Waals surface area contributed by atoms with Gasteiger partial charge in [-0.15, -0.1) is 20.4 Å². The van der Waals surface area contributed by atoms with Crippen LogP contribution in [0.3, 0.4) is 0 Å². The number of hydrogen-bond donors (Lipinski definition) is 11. The number of amides is 4. The van der Waals surface area contributed by atoms with E-state index in [2.05, 4.69) is 52.3 Å². The van der Waals surface area contributed by atoms with Gasteiger partial charge in [0.15, 0.2) is 10.5 Å². The predicted octanol–water partition coefficient (Wildman–Crippen LogP) is 0.334. The highest BCUT2D eigenvalue weighted by Crippen LogP contribution is 2.42. The number of thiocarbonyl (C=S) groups is 1. The van der Waals surface area contributed by atoms with E-state index >= 15 is 0 Å². The van der Waals surface area contributed by atoms with Crippen molar-refractivity contribution in [1.29, 1.82) is 0 Å². The maximum atomic E-state index is 12.5. The fourth-order valence-corrected chi connectivity index (χ4v) is 9.49. The lowest BCUT2D eigenvalue weighted by Gasteiger charge is -2.18. The number of rotatable bonds is 30. The summed E-state index contributed by atoms with van der Waals surface area (Å²) >= 11 is 6.59. The van der Waals surface area contributed by atoms with Gasteiger partial charge in [0.25, 0.3) is 20.0 Å². The zero-order valence-corrected chi connectivity index (χ0v) is 46.2. The van der Waals surface area contributed by atoms with Crippen LogP contribution in [0.2, 0.25) is 0 Å². The SMILES string of the molecule is NCCOCCOCCNC(=O)CCC(=O)Nc1nnc(S(N)(=O)=O)s1.NS(=O)(=O)c1nnc(NC(=O)CCC(=O)NCCOCCOCCNC(=S)Nc2ccc(-c3c4ccc(=O)cc-4oc4cc(O)ccc34)c(C(=O)O)c2)s1. The number of hydrogen-bond acceptors (Lipinski definition) is 24. The number of ether oxygens (including phenoxy) is 4. The Morgan fingerprint density at radius 1 is 0.613 bits per heavy atom. The number of sulfonamides is 2. The number of anilines is 3. The van der Waals surface area contributed by atoms with E-state index in [1.807, 2.05) is 0 Å². The topological polar surface area (TPSA) is 463 Å². The first kappa shape index (κ1) is 63.5. The van der Waals surface area contributed by atoms with Gasteiger partial charge in [0, 0.05) is 86.2 Å². The maximum Gasteiger partial charge on any atom is 0.336 e. The van der Waals surface area contributed by atoms with Gasteiger partial charge >= 0.3 is 5.97 Å². The van der Waals surface area contributed by atoms with Crippen molar-refractivity contribution >= 4 is 117 Å². The highest BCUT2D eigenvalue weighted by molar-refractivity contribution is 7.91. The summed E-state index contributed by atoms with van der Waals surface area (Å²) in [5.41, 5.74) is 7.06. The van der Waals surface area contributed by atoms with E-state index < -0.39 is 46.5 Å². The molecule has 14 N–H and O–H groups in total. The minimum atomic E-state index is -4.03. The van der Waals surface area contributed by atoms with Crippen molar-refractivity contribution in [2.45, 2.75) is 34.4 Å². The standard InChI is InChI=1S/C33H33N7O11S3.C12H22N6O6S2/c34-54(47,48)33-40-39-32(53-33)38-28(44)8-7-27(43)35-9-11-49-13-14-50-12-10-36-31(52)37-18-1-4-21(24(15-18)30(45)46)29-22-5-2-19(41)16-25(22)51-26-17-20(42)3-6-23(26)29;13-3-5-23-7-8-24-6-4-15-9(19)1-2-10(20)16-11-17-18-12(25-11)26(14,21)22/h1-6,15-17,41H,7-14H2,(H,35,43)(H,45,46)(H2,34,47,48)(H2,36,37,52)(H,38,39,44);1-8,13H2,(H,15,19)(H2,14,21,22)(H,16,17,20). The van der Waals surface area contributed by atoms with Gasteiger partial charge in [-0.25, -0.2) is 31.9 Å². The van der Waals surface area contributed by atoms with Gasteiger partial charge in [-0.05, 0) is 54.2 Å². The smallest absolute Gasteiger partial charge is 0.336 e. The second kappa shape index (κ2) is 31.5. The molecule has 1 aliphatic heterocycles. The Morgan fingerprint density at radius 3 is 1.61 bits per heavy atom. The molecule has 30 nitrogen and oxygen atoms in total. The quantitative estimate of drug-likeness (QED) is 0.0125. The molecule has 3 heterocycles. The second-order valence-electron chi connectivity index (χ2n) is 16.1. The number of aromatic hydroxyl groups is 1. The largest absolute Gasteiger partial charge is 0.508 e. The van der Waals surface area contributed by atoms with E-state index in [0.29, 0.717) is 96.5 Å². The van der Waals surface area contributed by atoms with Gasteiger partial charge in [-0.1, -0.05) is 28.7 Å². The Labute approximate surface area is 468 Å². The number of aromatic nitrogens is 4. The van der Waals surface area contributed by atoms with Crippen LogP contribution in [0.25, 0.3) is 33.4 Å². The highest BCUT2D eigenvalue weighted by atomic mass is 32.3. The molecule has 4 amide bonds. The number of fused-ring (bicyclic) bond motifs is 2. The fraction of sp³-hybridized carbons (Fsp3) is 0.356. The molecule has 80 heavy (non-hydrogen) atoms. The molecule has 0 spiro atoms. The van der Waals surface area contributed by atoms with E-state index in [1.54, 1.807) is 24.3 Å². The molecule has 0 radical (unpaired) electrons. The molecule has 0 unspecified atom stereocenters. The van der Waals surface area contributed by atoms with Crippen LogP contribution < -0.4 is 53.3 Å². The van der Waals surface area contributed by atoms with Crippen molar-refractivity contribution in [3.05, 3.63) is 70.4 Å². The number of carboxylic acid groups (broad SMARTS) is 1. The zero-order valence-electron chi connectivity index (χ0n) is 42.1. The van der Waals surface area contributed by atoms with Gasteiger partial charge in [0.2, 0.25) is 42.6 Å². The normalized spacial score (nSPS) is 11.3. The molecule has 0 fully saturated rings. The van der Waals surface area contributed by atoms with Crippen molar-refractivity contribution in [3.63, 3.8) is 0 Å². The van der Waals surface area contributed by atoms with E-state index in [1.165, 1.54) is 30.3 Å². The second-order valence-corrected chi connectivity index (χ2v) is 22.0. The van der Waals surface area contributed by atoms with Gasteiger partial charge in [0.05, 0.1) is 58.4 Å². The lowest BCUT2D eigenvalue weighted by Crippen LogP contribution is -2.31. The molecule has 35 heteroatoms. The average molecular weight is 1210 g/mol. The Balaban J connectivity index is 0.000000380. The van der Waals surface area contributed by atoms with Crippen molar-refractivity contribution in [1.82, 2.24) is 36.3 Å². The zero-order chi connectivity index (χ0) is 58.2. The van der Waals surface area contributed by atoms with Gasteiger partial charge in [-0.2, -0.15) is 0 Å². The molecule has 6 rings (SSSR count). The molecule has 0 saturated heterocycles. The highest BCUT2D eigenvalue weighted by Gasteiger charge is 2.23. The van der Waals surface area contributed by atoms with Crippen molar-refractivity contribution in [2.24, 2.45) is 16.0 Å². The third kappa shape index (κ3) is 21.4. The van der Waals surface area contributed by atoms with Crippen LogP contribution in [0.4, 0.5) is 16.0 Å². The van der Waals surface area contributed by atoms with Gasteiger partial charge in [-0.3, -0.25) is 24.0 Å². The number of aromatic carboxylic acids is 1. The van der Waals surface area contributed by atoms with E-state index in [4.69, 9.17) is 51.6 Å². The van der Waals surface area contributed by atoms with E-state index in [-0.39, 0.29) is 114 Å². The summed E-state index contributed by atoms with van der Waals surface area (Å²) in [7, 11) is -7.99. The third-order valence-electron chi connectivity index (χ3n) is 10.1. The number of phenolic OH excluding ortho intramolecular Hbond substituents is 1. The first-order valence-electron chi connectivity index (χ1n) is 23.6. The molecule has 0 saturated carbocycles. The summed E-state index contributed by atoms with van der Waals surface area (Å²) in [4.78, 5) is 71.8. The fourth-order valence-electron chi connectivity index (χ4n) is 6.58. The number of phenols is 1. The molecule has 2 aromatic carbocycles. The number of nitrogens with one attached hydrogen (secondary N) is 6. The minimum absolute atomic E-state index is 0.00955. The summed E-state index contributed by atoms with van der Waals surface area (Å²) in [6.45, 7) is 3.97. The average Bonchev–Trinajstić information content (AvgIpc) is 4.24. The monoisotopic (exact) mass is 1210 g/mol. The minimum Gasteiger partial charge on any atom is -0.508 e. The Hall–Kier alpha value is -7.29. The number of primary sulfonamides is 2. The van der Waals surface area contributed by atoms with Crippen LogP contribution in [-0.2, 0) is 58.2 Å². The lowest BCUT2D eigenvalue weighted by molar-refractivity contribution is -0.124. The van der Waals surface area contributed by atoms with Crippen LogP contribution in [0.15, 0.2) is 72.5 Å². The van der Waals surface area contributed by atoms with Gasteiger partial charge in [0.1, 0.15) is 17.1 Å². The Kier molecular flexibility index (Phi) is 25.0. The molecular weight excluding hydrogens is 1150 g/mol. The Bertz CT molecular complexity index is 3380. The van der Waals surface area contributed by atoms with Crippen molar-refractivity contribution in [2.75, 3.05) is 95.0 Å². The summed E-state index contributed by atoms with van der Waals surface area (Å²) in [5.74, 6) is -2.73. The van der Waals surface area contributed by atoms with E-state index in [0.717, 1.165) is 0 Å². The summed E-state index contributed by atoms with van der Waals surface area (Å²) < 4.78 is 70.9. The van der Waals surface area contributed by atoms with Crippen LogP contribution >= 0.6 is 34.9 Å². The first-order chi connectivity index (χ1) is 38.1. The van der Waals surface area contributed by atoms with Crippen LogP contribution in [0.5, 0.6) is 5.75 Å². The van der Waals surface area contributed by atoms with E-state index in [9.17, 15) is 55.8 Å². The number of nitrogens with two attached hydrogens (primary N) is 3. The van der Waals surface area contributed by atoms with Gasteiger partial charge < -0.3 is 71.2 Å². The number of carbonyl (C=O) groups is 5. The number of benzene rings is 3. The number of carboxylic acids is 1. The lowest BCUT2D eigenvalue weighted by atomic mass is 9.90. The molecule has 4 aromatic rings. The summed E-state index contributed by atoms with van der Waals surface area (Å²) in [6.07, 6.45) is -0.397. The Morgan fingerprint density at radius 2 is 1.11 bits per heavy atom. The van der Waals surface area contributed by atoms with Crippen LogP contribution in [-0.4, -0.2) is 161 Å². The summed E-state index contributed by atoms with van der Waals surface area (Å²) in [5, 5.41) is 60.3. The summed E-state index contributed by atoms with van der Waals surface area (Å²) in [6, 6.07) is 13.5. The molecule has 1 aliphatic carbocycles. The third-order valence-corrected chi connectivity index (χ3v) is 14.6. The van der Waals surface area contributed by atoms with Crippen molar-refractivity contribution in [3.8, 4) is 28.2 Å². The molecule has 432 valence electrons. The number of carbonyl (C=O) groups excluding carboxylic acids is 4. The number of nitrogens with zero attached hydrogens (tertiary/aromatic N) is 4. The first-order valence-corrected chi connectivity index (χ1v) is 28.7. The molecule has 0 atom stereocenters. The van der Waals surface area contributed by atoms with Crippen LogP contribution in [0.1, 0.15) is 36.0 Å². The maximum absolute atomic E-state index is 12.5. The van der Waals surface area contributed by atoms with Crippen molar-refractivity contribution < 1.29 is 74.4 Å². The molecule has 2 aromatic heterocycles. The molecule has 0 bridgehead atoms. The van der Waals surface area contributed by atoms with Crippen LogP contribution in [0, 0.1) is 0 Å².